The molecule has 1 rings (SSSR count). The van der Waals surface area contributed by atoms with E-state index in [0.717, 1.165) is 12.1 Å². The van der Waals surface area contributed by atoms with Gasteiger partial charge in [-0.3, -0.25) is 4.79 Å². The molecule has 0 heterocycles. The minimum Gasteiger partial charge on any atom is -0.503 e. The van der Waals surface area contributed by atoms with E-state index in [0.29, 0.717) is 12.1 Å². The summed E-state index contributed by atoms with van der Waals surface area (Å²) >= 11 is 0. The van der Waals surface area contributed by atoms with E-state index in [9.17, 15) is 13.6 Å². The summed E-state index contributed by atoms with van der Waals surface area (Å²) in [7, 11) is 1.67. The third kappa shape index (κ3) is 3.66. The number of hydrogen-bond acceptors (Lipinski definition) is 3. The molecule has 0 aliphatic carbocycles. The fourth-order valence-corrected chi connectivity index (χ4v) is 1.35. The van der Waals surface area contributed by atoms with Gasteiger partial charge < -0.3 is 15.3 Å². The van der Waals surface area contributed by atoms with Crippen LogP contribution in [-0.4, -0.2) is 36.1 Å². The van der Waals surface area contributed by atoms with Crippen molar-refractivity contribution in [2.75, 3.05) is 20.1 Å². The Hall–Kier alpha value is -1.69. The highest BCUT2D eigenvalue weighted by atomic mass is 19.1. The number of likely N-dealkylation sites (N-methyl/N-ethyl adjacent to an activating group) is 1. The van der Waals surface area contributed by atoms with Crippen LogP contribution < -0.4 is 5.32 Å². The van der Waals surface area contributed by atoms with Crippen molar-refractivity contribution in [2.24, 2.45) is 0 Å². The molecule has 0 spiro atoms. The van der Waals surface area contributed by atoms with Gasteiger partial charge in [0.05, 0.1) is 6.54 Å². The molecule has 100 valence electrons. The molecule has 6 heteroatoms. The number of nitrogens with zero attached hydrogens (tertiary/aromatic N) is 1. The van der Waals surface area contributed by atoms with E-state index in [4.69, 9.17) is 5.11 Å². The number of nitrogens with one attached hydrogen (secondary N) is 1. The Morgan fingerprint density at radius 2 is 1.94 bits per heavy atom. The Balaban J connectivity index is 2.52. The summed E-state index contributed by atoms with van der Waals surface area (Å²) in [6.45, 7) is 2.69. The molecule has 18 heavy (non-hydrogen) atoms. The number of amides is 1. The number of phenols is 1. The molecule has 0 saturated heterocycles. The van der Waals surface area contributed by atoms with Crippen LogP contribution in [0.4, 0.5) is 8.78 Å². The summed E-state index contributed by atoms with van der Waals surface area (Å²) in [4.78, 5) is 13.0. The minimum absolute atomic E-state index is 0.0917. The van der Waals surface area contributed by atoms with Gasteiger partial charge in [-0.2, -0.15) is 0 Å². The molecule has 0 saturated carbocycles. The molecule has 0 radical (unpaired) electrons. The molecule has 1 aromatic carbocycles. The van der Waals surface area contributed by atoms with Crippen LogP contribution in [0, 0.1) is 11.6 Å². The maximum absolute atomic E-state index is 13.0. The Morgan fingerprint density at radius 1 is 1.39 bits per heavy atom. The van der Waals surface area contributed by atoms with Crippen LogP contribution >= 0.6 is 0 Å². The number of benzene rings is 1. The van der Waals surface area contributed by atoms with Crippen molar-refractivity contribution in [1.29, 1.82) is 0 Å². The first-order valence-corrected chi connectivity index (χ1v) is 5.57. The molecule has 0 unspecified atom stereocenters. The van der Waals surface area contributed by atoms with Crippen molar-refractivity contribution in [1.82, 2.24) is 10.2 Å². The summed E-state index contributed by atoms with van der Waals surface area (Å²) in [5, 5.41) is 11.7. The molecule has 2 N–H and O–H groups in total. The zero-order chi connectivity index (χ0) is 13.7. The second-order valence-electron chi connectivity index (χ2n) is 3.92. The first kappa shape index (κ1) is 14.4. The van der Waals surface area contributed by atoms with Crippen molar-refractivity contribution in [3.8, 4) is 5.75 Å². The summed E-state index contributed by atoms with van der Waals surface area (Å²) in [6, 6.07) is 2.05. The monoisotopic (exact) mass is 258 g/mol. The lowest BCUT2D eigenvalue weighted by molar-refractivity contribution is -0.128. The fourth-order valence-electron chi connectivity index (χ4n) is 1.35. The summed E-state index contributed by atoms with van der Waals surface area (Å²) in [5.41, 5.74) is 0.328. The first-order chi connectivity index (χ1) is 8.45. The van der Waals surface area contributed by atoms with Gasteiger partial charge in [0, 0.05) is 20.1 Å². The van der Waals surface area contributed by atoms with Gasteiger partial charge in [0.1, 0.15) is 0 Å². The van der Waals surface area contributed by atoms with E-state index in [1.165, 1.54) is 4.90 Å². The molecule has 0 aromatic heterocycles. The molecule has 0 atom stereocenters. The van der Waals surface area contributed by atoms with Crippen molar-refractivity contribution in [2.45, 2.75) is 13.5 Å². The number of phenolic OH excluding ortho intramolecular Hbond substituents is 1. The van der Waals surface area contributed by atoms with Gasteiger partial charge >= 0.3 is 0 Å². The maximum Gasteiger partial charge on any atom is 0.236 e. The van der Waals surface area contributed by atoms with Gasteiger partial charge in [0.2, 0.25) is 5.91 Å². The Labute approximate surface area is 104 Å². The highest BCUT2D eigenvalue weighted by Crippen LogP contribution is 2.21. The molecule has 0 bridgehead atoms. The predicted molar refractivity (Wildman–Crippen MR) is 63.0 cm³/mol. The second kappa shape index (κ2) is 6.30. The standard InChI is InChI=1S/C12H16F2N2O2/c1-3-16(2)11(17)7-15-6-8-4-9(13)12(18)10(14)5-8/h4-5,15,18H,3,6-7H2,1-2H3. The molecule has 0 fully saturated rings. The second-order valence-corrected chi connectivity index (χ2v) is 3.92. The average molecular weight is 258 g/mol. The summed E-state index contributed by atoms with van der Waals surface area (Å²) < 4.78 is 26.0. The Bertz CT molecular complexity index is 415. The fraction of sp³-hybridized carbons (Fsp3) is 0.417. The normalized spacial score (nSPS) is 10.4. The molecule has 1 amide bonds. The van der Waals surface area contributed by atoms with Crippen LogP contribution in [-0.2, 0) is 11.3 Å². The van der Waals surface area contributed by atoms with E-state index in [2.05, 4.69) is 5.32 Å². The van der Waals surface area contributed by atoms with E-state index < -0.39 is 17.4 Å². The maximum atomic E-state index is 13.0. The zero-order valence-electron chi connectivity index (χ0n) is 10.3. The highest BCUT2D eigenvalue weighted by Gasteiger charge is 2.10. The van der Waals surface area contributed by atoms with E-state index >= 15 is 0 Å². The third-order valence-corrected chi connectivity index (χ3v) is 2.58. The van der Waals surface area contributed by atoms with Crippen molar-refractivity contribution in [3.05, 3.63) is 29.3 Å². The third-order valence-electron chi connectivity index (χ3n) is 2.58. The van der Waals surface area contributed by atoms with Crippen molar-refractivity contribution < 1.29 is 18.7 Å². The molecule has 0 aliphatic rings. The van der Waals surface area contributed by atoms with E-state index in [1.54, 1.807) is 7.05 Å². The first-order valence-electron chi connectivity index (χ1n) is 5.57. The number of hydrogen-bond donors (Lipinski definition) is 2. The van der Waals surface area contributed by atoms with Crippen LogP contribution in [0.2, 0.25) is 0 Å². The quantitative estimate of drug-likeness (QED) is 0.835. The topological polar surface area (TPSA) is 52.6 Å². The zero-order valence-corrected chi connectivity index (χ0v) is 10.3. The van der Waals surface area contributed by atoms with Crippen molar-refractivity contribution in [3.63, 3.8) is 0 Å². The molecule has 4 nitrogen and oxygen atoms in total. The number of rotatable bonds is 5. The lowest BCUT2D eigenvalue weighted by Gasteiger charge is -2.14. The largest absolute Gasteiger partial charge is 0.503 e. The molecular formula is C12H16F2N2O2. The van der Waals surface area contributed by atoms with Gasteiger partial charge in [-0.25, -0.2) is 8.78 Å². The molecule has 1 aromatic rings. The van der Waals surface area contributed by atoms with Gasteiger partial charge in [-0.15, -0.1) is 0 Å². The highest BCUT2D eigenvalue weighted by molar-refractivity contribution is 5.77. The smallest absolute Gasteiger partial charge is 0.236 e. The van der Waals surface area contributed by atoms with E-state index in [-0.39, 0.29) is 19.0 Å². The van der Waals surface area contributed by atoms with Gasteiger partial charge in [0.25, 0.3) is 0 Å². The van der Waals surface area contributed by atoms with E-state index in [1.807, 2.05) is 6.92 Å². The van der Waals surface area contributed by atoms with Gasteiger partial charge in [-0.1, -0.05) is 0 Å². The van der Waals surface area contributed by atoms with Gasteiger partial charge in [0.15, 0.2) is 17.4 Å². The van der Waals surface area contributed by atoms with Crippen LogP contribution in [0.1, 0.15) is 12.5 Å². The number of halogens is 2. The Morgan fingerprint density at radius 3 is 2.44 bits per heavy atom. The average Bonchev–Trinajstić information content (AvgIpc) is 2.34. The van der Waals surface area contributed by atoms with Crippen LogP contribution in [0.25, 0.3) is 0 Å². The predicted octanol–water partition coefficient (Wildman–Crippen LogP) is 1.24. The minimum atomic E-state index is -1.01. The van der Waals surface area contributed by atoms with Gasteiger partial charge in [-0.05, 0) is 24.6 Å². The number of carbonyl (C=O) groups is 1. The lowest BCUT2D eigenvalue weighted by atomic mass is 10.2. The van der Waals surface area contributed by atoms with Crippen molar-refractivity contribution >= 4 is 5.91 Å². The van der Waals surface area contributed by atoms with Crippen LogP contribution in [0.15, 0.2) is 12.1 Å². The number of carbonyl (C=O) groups excluding carboxylic acids is 1. The lowest BCUT2D eigenvalue weighted by Crippen LogP contribution is -2.35. The molecule has 0 aliphatic heterocycles. The summed E-state index contributed by atoms with van der Waals surface area (Å²) in [5.74, 6) is -3.11. The molecular weight excluding hydrogens is 242 g/mol. The van der Waals surface area contributed by atoms with Crippen LogP contribution in [0.5, 0.6) is 5.75 Å². The summed E-state index contributed by atoms with van der Waals surface area (Å²) in [6.07, 6.45) is 0. The number of aromatic hydroxyl groups is 1. The Kier molecular flexibility index (Phi) is 5.03. The van der Waals surface area contributed by atoms with Crippen LogP contribution in [0.3, 0.4) is 0 Å². The SMILES string of the molecule is CCN(C)C(=O)CNCc1cc(F)c(O)c(F)c1.